The van der Waals surface area contributed by atoms with Crippen LogP contribution in [0.25, 0.3) is 16.7 Å². The molecule has 1 aromatic heterocycles. The van der Waals surface area contributed by atoms with Gasteiger partial charge in [0.15, 0.2) is 5.75 Å². The van der Waals surface area contributed by atoms with Crippen LogP contribution in [0.2, 0.25) is 0 Å². The molecule has 3 heterocycles. The van der Waals surface area contributed by atoms with Crippen LogP contribution in [0.5, 0.6) is 5.75 Å². The van der Waals surface area contributed by atoms with Crippen molar-refractivity contribution in [1.82, 2.24) is 19.8 Å². The number of benzene rings is 2. The molecule has 2 atom stereocenters. The number of para-hydroxylation sites is 1. The summed E-state index contributed by atoms with van der Waals surface area (Å²) in [5.74, 6) is 6.95. The number of nitrogens with one attached hydrogen (secondary N) is 1. The number of alkyl halides is 2. The van der Waals surface area contributed by atoms with Gasteiger partial charge in [0, 0.05) is 24.6 Å². The maximum absolute atomic E-state index is 13.3. The monoisotopic (exact) mass is 464 g/mol. The van der Waals surface area contributed by atoms with E-state index in [0.717, 1.165) is 25.1 Å². The Morgan fingerprint density at radius 3 is 2.85 bits per heavy atom. The Labute approximate surface area is 196 Å². The smallest absolute Gasteiger partial charge is 0.387 e. The van der Waals surface area contributed by atoms with E-state index >= 15 is 0 Å². The number of carbonyl (C=O) groups is 1. The van der Waals surface area contributed by atoms with Gasteiger partial charge in [0.1, 0.15) is 11.5 Å². The highest BCUT2D eigenvalue weighted by Gasteiger charge is 2.35. The highest BCUT2D eigenvalue weighted by Crippen LogP contribution is 2.40. The fourth-order valence-electron chi connectivity index (χ4n) is 4.85. The van der Waals surface area contributed by atoms with Crippen LogP contribution in [-0.2, 0) is 0 Å². The Morgan fingerprint density at radius 2 is 2.15 bits per heavy atom. The van der Waals surface area contributed by atoms with Crippen LogP contribution in [0.3, 0.4) is 0 Å². The Morgan fingerprint density at radius 1 is 1.32 bits per heavy atom. The third kappa shape index (κ3) is 3.70. The zero-order valence-corrected chi connectivity index (χ0v) is 19.4. The normalized spacial score (nSPS) is 21.8. The van der Waals surface area contributed by atoms with E-state index in [-0.39, 0.29) is 34.4 Å². The number of carbonyl (C=O) groups excluding carboxylic acids is 1. The number of fused-ring (bicyclic) bond motifs is 5. The van der Waals surface area contributed by atoms with Gasteiger partial charge in [-0.05, 0) is 56.6 Å². The maximum Gasteiger partial charge on any atom is 0.387 e. The average molecular weight is 465 g/mol. The second kappa shape index (κ2) is 8.41. The van der Waals surface area contributed by atoms with Crippen molar-refractivity contribution in [3.05, 3.63) is 53.3 Å². The number of nitrogens with zero attached hydrogens (tertiary/aromatic N) is 3. The maximum atomic E-state index is 13.3. The summed E-state index contributed by atoms with van der Waals surface area (Å²) >= 11 is 0. The number of aromatic nitrogens is 2. The Kier molecular flexibility index (Phi) is 5.53. The molecule has 1 amide bonds. The minimum absolute atomic E-state index is 0.0624. The van der Waals surface area contributed by atoms with Crippen LogP contribution in [0.4, 0.5) is 8.78 Å². The lowest BCUT2D eigenvalue weighted by atomic mass is 9.90. The van der Waals surface area contributed by atoms with E-state index < -0.39 is 6.61 Å². The summed E-state index contributed by atoms with van der Waals surface area (Å²) < 4.78 is 33.3. The molecule has 0 radical (unpaired) electrons. The summed E-state index contributed by atoms with van der Waals surface area (Å²) in [6, 6.07) is 10.0. The van der Waals surface area contributed by atoms with Crippen molar-refractivity contribution < 1.29 is 18.3 Å². The lowest BCUT2D eigenvalue weighted by Gasteiger charge is -2.24. The quantitative estimate of drug-likeness (QED) is 0.580. The molecule has 8 heteroatoms. The number of halogens is 2. The molecule has 34 heavy (non-hydrogen) atoms. The summed E-state index contributed by atoms with van der Waals surface area (Å²) in [4.78, 5) is 19.8. The molecule has 3 aromatic rings. The average Bonchev–Trinajstić information content (AvgIpc) is 3.39. The van der Waals surface area contributed by atoms with Gasteiger partial charge in [-0.2, -0.15) is 8.78 Å². The van der Waals surface area contributed by atoms with E-state index in [1.165, 1.54) is 6.07 Å². The van der Waals surface area contributed by atoms with Crippen molar-refractivity contribution in [3.8, 4) is 23.3 Å². The molecule has 0 saturated carbocycles. The van der Waals surface area contributed by atoms with E-state index in [1.54, 1.807) is 28.6 Å². The van der Waals surface area contributed by atoms with Crippen molar-refractivity contribution in [2.24, 2.45) is 5.41 Å². The first-order valence-electron chi connectivity index (χ1n) is 11.4. The number of hydrogen-bond acceptors (Lipinski definition) is 4. The summed E-state index contributed by atoms with van der Waals surface area (Å²) in [6.45, 7) is 2.88. The first-order valence-corrected chi connectivity index (χ1v) is 11.4. The number of amides is 1. The summed E-state index contributed by atoms with van der Waals surface area (Å²) in [7, 11) is 1.71. The Hall–Kier alpha value is -3.44. The van der Waals surface area contributed by atoms with Crippen molar-refractivity contribution in [2.45, 2.75) is 39.3 Å². The second-order valence-corrected chi connectivity index (χ2v) is 9.12. The number of hydrogen-bond donors (Lipinski definition) is 1. The molecule has 2 aliphatic heterocycles. The van der Waals surface area contributed by atoms with Gasteiger partial charge in [-0.15, -0.1) is 0 Å². The highest BCUT2D eigenvalue weighted by molar-refractivity contribution is 6.00. The molecule has 2 aromatic carbocycles. The molecule has 1 unspecified atom stereocenters. The highest BCUT2D eigenvalue weighted by atomic mass is 19.3. The van der Waals surface area contributed by atoms with Gasteiger partial charge in [-0.25, -0.2) is 4.98 Å². The molecule has 1 fully saturated rings. The lowest BCUT2D eigenvalue weighted by Crippen LogP contribution is -2.30. The van der Waals surface area contributed by atoms with E-state index in [9.17, 15) is 13.6 Å². The van der Waals surface area contributed by atoms with Crippen LogP contribution >= 0.6 is 0 Å². The first kappa shape index (κ1) is 22.4. The molecule has 2 aliphatic rings. The summed E-state index contributed by atoms with van der Waals surface area (Å²) in [6.07, 6.45) is 1.60. The molecule has 0 aliphatic carbocycles. The summed E-state index contributed by atoms with van der Waals surface area (Å²) in [5.41, 5.74) is 2.69. The minimum atomic E-state index is -3.02. The molecule has 0 bridgehead atoms. The van der Waals surface area contributed by atoms with Gasteiger partial charge in [-0.1, -0.05) is 24.8 Å². The van der Waals surface area contributed by atoms with Crippen molar-refractivity contribution in [2.75, 3.05) is 20.1 Å². The van der Waals surface area contributed by atoms with Crippen LogP contribution in [-0.4, -0.2) is 47.1 Å². The van der Waals surface area contributed by atoms with Gasteiger partial charge in [0.05, 0.1) is 22.6 Å². The zero-order valence-electron chi connectivity index (χ0n) is 19.4. The fraction of sp³-hybridized carbons (Fsp3) is 0.385. The largest absolute Gasteiger partial charge is 0.433 e. The Balaban J connectivity index is 1.76. The number of imidazole rings is 1. The minimum Gasteiger partial charge on any atom is -0.433 e. The predicted molar refractivity (Wildman–Crippen MR) is 125 cm³/mol. The van der Waals surface area contributed by atoms with Gasteiger partial charge >= 0.3 is 6.61 Å². The molecule has 1 N–H and O–H groups in total. The van der Waals surface area contributed by atoms with Crippen LogP contribution in [0.1, 0.15) is 54.5 Å². The van der Waals surface area contributed by atoms with Crippen LogP contribution in [0, 0.1) is 17.3 Å². The zero-order chi connectivity index (χ0) is 24.0. The second-order valence-electron chi connectivity index (χ2n) is 9.12. The molecule has 0 spiro atoms. The molecular weight excluding hydrogens is 438 g/mol. The van der Waals surface area contributed by atoms with Crippen molar-refractivity contribution >= 4 is 16.9 Å². The van der Waals surface area contributed by atoms with Crippen molar-refractivity contribution in [3.63, 3.8) is 0 Å². The van der Waals surface area contributed by atoms with Gasteiger partial charge in [0.2, 0.25) is 0 Å². The van der Waals surface area contributed by atoms with Gasteiger partial charge in [-0.3, -0.25) is 9.36 Å². The van der Waals surface area contributed by atoms with E-state index in [2.05, 4.69) is 24.1 Å². The first-order chi connectivity index (χ1) is 16.3. The molecule has 1 saturated heterocycles. The standard InChI is InChI=1S/C26H26F2N4O2/c1-4-19-23-30-18-9-8-16(10-11-26(2)12-13-29-15-26)14-20(18)32(23)22-17(24(33)31(19)3)6-5-7-21(22)34-25(27)28/h5-9,14,19,25,29H,4,12-13,15H2,1-3H3/t19-,26?/m1/s1. The van der Waals surface area contributed by atoms with Gasteiger partial charge in [0.25, 0.3) is 5.91 Å². The van der Waals surface area contributed by atoms with Crippen molar-refractivity contribution in [1.29, 1.82) is 0 Å². The predicted octanol–water partition coefficient (Wildman–Crippen LogP) is 4.51. The number of rotatable bonds is 3. The number of ether oxygens (including phenoxy) is 1. The Bertz CT molecular complexity index is 1330. The van der Waals surface area contributed by atoms with E-state index in [1.807, 2.05) is 25.1 Å². The topological polar surface area (TPSA) is 59.4 Å². The third-order valence-electron chi connectivity index (χ3n) is 6.70. The third-order valence-corrected chi connectivity index (χ3v) is 6.70. The van der Waals surface area contributed by atoms with Gasteiger partial charge < -0.3 is 15.0 Å². The lowest BCUT2D eigenvalue weighted by molar-refractivity contribution is -0.0498. The summed E-state index contributed by atoms with van der Waals surface area (Å²) in [5, 5.41) is 3.35. The fourth-order valence-corrected chi connectivity index (χ4v) is 4.85. The molecule has 6 nitrogen and oxygen atoms in total. The van der Waals surface area contributed by atoms with E-state index in [0.29, 0.717) is 23.3 Å². The SMILES string of the molecule is CC[C@@H]1c2nc3ccc(C#CC4(C)CCNC4)cc3n2-c2c(OC(F)F)cccc2C(=O)N1C. The van der Waals surface area contributed by atoms with Crippen LogP contribution in [0.15, 0.2) is 36.4 Å². The van der Waals surface area contributed by atoms with Crippen LogP contribution < -0.4 is 10.1 Å². The van der Waals surface area contributed by atoms with E-state index in [4.69, 9.17) is 9.72 Å². The molecular formula is C26H26F2N4O2. The molecule has 176 valence electrons. The molecule has 5 rings (SSSR count).